The van der Waals surface area contributed by atoms with E-state index < -0.39 is 0 Å². The number of morpholine rings is 1. The fraction of sp³-hybridized carbons (Fsp3) is 0.636. The number of amides is 1. The molecular formula is C22H35FIN5O2. The molecule has 1 aliphatic carbocycles. The number of benzene rings is 1. The Labute approximate surface area is 201 Å². The maximum absolute atomic E-state index is 14.3. The number of nitrogens with zero attached hydrogens (tertiary/aromatic N) is 3. The Morgan fingerprint density at radius 1 is 1.23 bits per heavy atom. The lowest BCUT2D eigenvalue weighted by molar-refractivity contribution is -0.127. The number of ether oxygens (including phenoxy) is 1. The summed E-state index contributed by atoms with van der Waals surface area (Å²) in [5, 5.41) is 6.69. The second-order valence-corrected chi connectivity index (χ2v) is 8.30. The number of hydrogen-bond acceptors (Lipinski definition) is 4. The van der Waals surface area contributed by atoms with Gasteiger partial charge in [0.05, 0.1) is 13.2 Å². The Morgan fingerprint density at radius 2 is 1.94 bits per heavy atom. The number of rotatable bonds is 9. The van der Waals surface area contributed by atoms with Gasteiger partial charge < -0.3 is 20.3 Å². The molecule has 174 valence electrons. The van der Waals surface area contributed by atoms with E-state index in [-0.39, 0.29) is 47.7 Å². The first-order valence-corrected chi connectivity index (χ1v) is 10.8. The zero-order valence-electron chi connectivity index (χ0n) is 18.5. The van der Waals surface area contributed by atoms with E-state index in [2.05, 4.69) is 20.5 Å². The van der Waals surface area contributed by atoms with E-state index in [0.29, 0.717) is 12.5 Å². The van der Waals surface area contributed by atoms with Crippen LogP contribution in [0, 0.1) is 5.82 Å². The van der Waals surface area contributed by atoms with Crippen LogP contribution in [0.15, 0.2) is 29.3 Å². The number of nitrogens with one attached hydrogen (secondary N) is 2. The third kappa shape index (κ3) is 7.87. The van der Waals surface area contributed by atoms with Gasteiger partial charge in [0.15, 0.2) is 5.96 Å². The first-order chi connectivity index (χ1) is 14.5. The molecule has 0 atom stereocenters. The van der Waals surface area contributed by atoms with Crippen molar-refractivity contribution in [3.8, 4) is 0 Å². The van der Waals surface area contributed by atoms with Crippen LogP contribution in [0.1, 0.15) is 24.8 Å². The summed E-state index contributed by atoms with van der Waals surface area (Å²) in [6.45, 7) is 5.98. The van der Waals surface area contributed by atoms with E-state index in [0.717, 1.165) is 64.2 Å². The van der Waals surface area contributed by atoms with Crippen LogP contribution in [-0.2, 0) is 14.9 Å². The average molecular weight is 547 g/mol. The van der Waals surface area contributed by atoms with Crippen LogP contribution < -0.4 is 10.6 Å². The molecule has 1 aliphatic heterocycles. The van der Waals surface area contributed by atoms with Crippen LogP contribution in [0.3, 0.4) is 0 Å². The van der Waals surface area contributed by atoms with Crippen molar-refractivity contribution in [1.29, 1.82) is 0 Å². The number of guanidine groups is 1. The van der Waals surface area contributed by atoms with E-state index in [1.54, 1.807) is 20.2 Å². The van der Waals surface area contributed by atoms with Crippen molar-refractivity contribution in [2.75, 3.05) is 66.6 Å². The number of aliphatic imine (C=N–C) groups is 1. The van der Waals surface area contributed by atoms with Gasteiger partial charge in [-0.3, -0.25) is 9.69 Å². The van der Waals surface area contributed by atoms with Gasteiger partial charge in [-0.15, -0.1) is 24.0 Å². The van der Waals surface area contributed by atoms with Gasteiger partial charge in [0.1, 0.15) is 12.4 Å². The van der Waals surface area contributed by atoms with Gasteiger partial charge in [0.2, 0.25) is 5.91 Å². The van der Waals surface area contributed by atoms with Crippen molar-refractivity contribution < 1.29 is 13.9 Å². The molecule has 0 unspecified atom stereocenters. The van der Waals surface area contributed by atoms with Crippen LogP contribution >= 0.6 is 24.0 Å². The normalized spacial score (nSPS) is 18.1. The summed E-state index contributed by atoms with van der Waals surface area (Å²) in [5.41, 5.74) is 0.571. The van der Waals surface area contributed by atoms with Gasteiger partial charge in [-0.1, -0.05) is 18.2 Å². The van der Waals surface area contributed by atoms with Gasteiger partial charge in [0, 0.05) is 45.7 Å². The summed E-state index contributed by atoms with van der Waals surface area (Å²) in [5.74, 6) is 0.394. The Bertz CT molecular complexity index is 736. The number of hydrogen-bond donors (Lipinski definition) is 2. The van der Waals surface area contributed by atoms with E-state index in [4.69, 9.17) is 4.74 Å². The highest BCUT2D eigenvalue weighted by Gasteiger charge is 2.45. The summed E-state index contributed by atoms with van der Waals surface area (Å²) in [6, 6.07) is 6.99. The van der Waals surface area contributed by atoms with E-state index in [1.807, 2.05) is 12.1 Å². The predicted molar refractivity (Wildman–Crippen MR) is 132 cm³/mol. The summed E-state index contributed by atoms with van der Waals surface area (Å²) >= 11 is 0. The van der Waals surface area contributed by atoms with Crippen LogP contribution in [0.5, 0.6) is 0 Å². The average Bonchev–Trinajstić information content (AvgIpc) is 3.54. The zero-order chi connectivity index (χ0) is 21.4. The van der Waals surface area contributed by atoms with E-state index in [9.17, 15) is 9.18 Å². The molecule has 0 bridgehead atoms. The minimum atomic E-state index is -0.187. The minimum absolute atomic E-state index is 0. The van der Waals surface area contributed by atoms with Crippen LogP contribution in [0.4, 0.5) is 4.39 Å². The Balaban J connectivity index is 0.00000341. The molecule has 31 heavy (non-hydrogen) atoms. The minimum Gasteiger partial charge on any atom is -0.379 e. The van der Waals surface area contributed by atoms with E-state index in [1.165, 1.54) is 11.0 Å². The van der Waals surface area contributed by atoms with Gasteiger partial charge in [-0.2, -0.15) is 0 Å². The second kappa shape index (κ2) is 12.5. The Kier molecular flexibility index (Phi) is 10.4. The van der Waals surface area contributed by atoms with Gasteiger partial charge in [0.25, 0.3) is 0 Å². The third-order valence-electron chi connectivity index (χ3n) is 5.81. The summed E-state index contributed by atoms with van der Waals surface area (Å²) < 4.78 is 19.7. The quantitative estimate of drug-likeness (QED) is 0.214. The van der Waals surface area contributed by atoms with Crippen molar-refractivity contribution >= 4 is 35.8 Å². The molecule has 0 radical (unpaired) electrons. The lowest BCUT2D eigenvalue weighted by Crippen LogP contribution is -2.43. The maximum atomic E-state index is 14.3. The first kappa shape index (κ1) is 25.8. The van der Waals surface area contributed by atoms with Crippen molar-refractivity contribution in [3.05, 3.63) is 35.6 Å². The Hall–Kier alpha value is -1.46. The molecule has 0 aromatic heterocycles. The van der Waals surface area contributed by atoms with Crippen molar-refractivity contribution in [1.82, 2.24) is 20.4 Å². The molecule has 1 aromatic carbocycles. The highest BCUT2D eigenvalue weighted by atomic mass is 127. The molecule has 2 N–H and O–H groups in total. The number of halogens is 2. The summed E-state index contributed by atoms with van der Waals surface area (Å²) in [7, 11) is 3.44. The van der Waals surface area contributed by atoms with Crippen LogP contribution in [0.2, 0.25) is 0 Å². The Morgan fingerprint density at radius 3 is 2.58 bits per heavy atom. The topological polar surface area (TPSA) is 69.2 Å². The van der Waals surface area contributed by atoms with Crippen LogP contribution in [-0.4, -0.2) is 88.2 Å². The monoisotopic (exact) mass is 547 g/mol. The van der Waals surface area contributed by atoms with Crippen molar-refractivity contribution in [2.45, 2.75) is 24.7 Å². The molecule has 1 saturated carbocycles. The standard InChI is InChI=1S/C22H34FN5O2.HI/c1-27(2)20(29)16-25-21(24-10-5-11-28-12-14-30-15-13-28)26-17-22(8-9-22)18-6-3-4-7-19(18)23;/h3-4,6-7H,5,8-17H2,1-2H3,(H2,24,25,26);1H. The number of likely N-dealkylation sites (N-methyl/N-ethyl adjacent to an activating group) is 1. The molecule has 1 saturated heterocycles. The molecule has 9 heteroatoms. The van der Waals surface area contributed by atoms with Gasteiger partial charge in [-0.05, 0) is 37.4 Å². The van der Waals surface area contributed by atoms with Gasteiger partial charge >= 0.3 is 0 Å². The molecule has 7 nitrogen and oxygen atoms in total. The molecule has 1 heterocycles. The molecule has 2 aliphatic rings. The third-order valence-corrected chi connectivity index (χ3v) is 5.81. The summed E-state index contributed by atoms with van der Waals surface area (Å²) in [4.78, 5) is 20.3. The summed E-state index contributed by atoms with van der Waals surface area (Å²) in [6.07, 6.45) is 2.87. The SMILES string of the molecule is CN(C)C(=O)CN=C(NCCCN1CCOCC1)NCC1(c2ccccc2F)CC1.I. The molecule has 1 aromatic rings. The molecule has 3 rings (SSSR count). The lowest BCUT2D eigenvalue weighted by Gasteiger charge is -2.26. The molecular weight excluding hydrogens is 512 g/mol. The van der Waals surface area contributed by atoms with Crippen molar-refractivity contribution in [2.24, 2.45) is 4.99 Å². The largest absolute Gasteiger partial charge is 0.379 e. The maximum Gasteiger partial charge on any atom is 0.243 e. The highest BCUT2D eigenvalue weighted by Crippen LogP contribution is 2.48. The zero-order valence-corrected chi connectivity index (χ0v) is 20.9. The lowest BCUT2D eigenvalue weighted by atomic mass is 9.95. The van der Waals surface area contributed by atoms with Crippen molar-refractivity contribution in [3.63, 3.8) is 0 Å². The van der Waals surface area contributed by atoms with Gasteiger partial charge in [-0.25, -0.2) is 9.38 Å². The number of carbonyl (C=O) groups is 1. The highest BCUT2D eigenvalue weighted by molar-refractivity contribution is 14.0. The van der Waals surface area contributed by atoms with Crippen LogP contribution in [0.25, 0.3) is 0 Å². The predicted octanol–water partition coefficient (Wildman–Crippen LogP) is 1.82. The molecule has 2 fully saturated rings. The smallest absolute Gasteiger partial charge is 0.243 e. The second-order valence-electron chi connectivity index (χ2n) is 8.30. The van der Waals surface area contributed by atoms with E-state index >= 15 is 0 Å². The fourth-order valence-corrected chi connectivity index (χ4v) is 3.63. The molecule has 0 spiro atoms. The first-order valence-electron chi connectivity index (χ1n) is 10.8. The number of carbonyl (C=O) groups excluding carboxylic acids is 1. The molecule has 1 amide bonds. The fourth-order valence-electron chi connectivity index (χ4n) is 3.63.